The zero-order chi connectivity index (χ0) is 20.1. The SMILES string of the molecule is CCCC[C@@]1(OC)OC(C(=O)OCC)C[C@H]1N1C(=O)OC[C@H]1c1ccccc1. The first-order chi connectivity index (χ1) is 13.6. The van der Waals surface area contributed by atoms with Gasteiger partial charge in [-0.25, -0.2) is 9.59 Å². The molecule has 2 fully saturated rings. The third kappa shape index (κ3) is 3.86. The third-order valence-electron chi connectivity index (χ3n) is 5.49. The predicted octanol–water partition coefficient (Wildman–Crippen LogP) is 3.43. The quantitative estimate of drug-likeness (QED) is 0.632. The normalized spacial score (nSPS) is 29.8. The predicted molar refractivity (Wildman–Crippen MR) is 102 cm³/mol. The van der Waals surface area contributed by atoms with Crippen LogP contribution in [0.1, 0.15) is 51.1 Å². The van der Waals surface area contributed by atoms with Crippen LogP contribution in [0.2, 0.25) is 0 Å². The fraction of sp³-hybridized carbons (Fsp3) is 0.619. The maximum Gasteiger partial charge on any atom is 0.410 e. The number of nitrogens with zero attached hydrogens (tertiary/aromatic N) is 1. The maximum absolute atomic E-state index is 12.7. The molecule has 28 heavy (non-hydrogen) atoms. The van der Waals surface area contributed by atoms with E-state index in [-0.39, 0.29) is 19.3 Å². The van der Waals surface area contributed by atoms with Crippen molar-refractivity contribution in [3.8, 4) is 0 Å². The standard InChI is InChI=1S/C21H29NO6/c1-4-6-12-21(25-3)18(13-17(28-21)19(23)26-5-2)22-16(14-27-20(22)24)15-10-8-7-9-11-15/h7-11,16-18H,4-6,12-14H2,1-3H3/t16-,17?,18+,21+/m0/s1. The molecule has 7 nitrogen and oxygen atoms in total. The molecule has 7 heteroatoms. The largest absolute Gasteiger partial charge is 0.464 e. The number of carbonyl (C=O) groups excluding carboxylic acids is 2. The Hall–Kier alpha value is -2.12. The summed E-state index contributed by atoms with van der Waals surface area (Å²) in [6.07, 6.45) is 1.49. The molecule has 0 radical (unpaired) electrons. The molecule has 0 aromatic heterocycles. The topological polar surface area (TPSA) is 74.3 Å². The number of methoxy groups -OCH3 is 1. The summed E-state index contributed by atoms with van der Waals surface area (Å²) in [5.74, 6) is -1.49. The van der Waals surface area contributed by atoms with Gasteiger partial charge in [0, 0.05) is 20.0 Å². The van der Waals surface area contributed by atoms with E-state index in [1.807, 2.05) is 30.3 Å². The van der Waals surface area contributed by atoms with Gasteiger partial charge in [-0.05, 0) is 18.9 Å². The van der Waals surface area contributed by atoms with Gasteiger partial charge in [-0.15, -0.1) is 0 Å². The number of benzene rings is 1. The molecule has 1 unspecified atom stereocenters. The number of cyclic esters (lactones) is 1. The van der Waals surface area contributed by atoms with Gasteiger partial charge in [-0.1, -0.05) is 43.7 Å². The molecule has 2 aliphatic heterocycles. The summed E-state index contributed by atoms with van der Waals surface area (Å²) >= 11 is 0. The number of amides is 1. The zero-order valence-corrected chi connectivity index (χ0v) is 16.8. The summed E-state index contributed by atoms with van der Waals surface area (Å²) in [5, 5.41) is 0. The zero-order valence-electron chi connectivity index (χ0n) is 16.8. The van der Waals surface area contributed by atoms with Crippen LogP contribution in [0.4, 0.5) is 4.79 Å². The second-order valence-corrected chi connectivity index (χ2v) is 7.14. The first-order valence-corrected chi connectivity index (χ1v) is 9.96. The highest BCUT2D eigenvalue weighted by Gasteiger charge is 2.57. The maximum atomic E-state index is 12.7. The highest BCUT2D eigenvalue weighted by Crippen LogP contribution is 2.44. The average Bonchev–Trinajstić information content (AvgIpc) is 3.28. The number of ether oxygens (including phenoxy) is 4. The molecular weight excluding hydrogens is 362 g/mol. The molecule has 0 spiro atoms. The molecule has 0 saturated carbocycles. The highest BCUT2D eigenvalue weighted by atomic mass is 16.7. The van der Waals surface area contributed by atoms with E-state index in [0.29, 0.717) is 12.8 Å². The molecule has 1 amide bonds. The second kappa shape index (κ2) is 8.92. The van der Waals surface area contributed by atoms with Gasteiger partial charge in [0.15, 0.2) is 11.9 Å². The third-order valence-corrected chi connectivity index (χ3v) is 5.49. The van der Waals surface area contributed by atoms with Crippen molar-refractivity contribution in [3.05, 3.63) is 35.9 Å². The summed E-state index contributed by atoms with van der Waals surface area (Å²) in [6, 6.07) is 9.05. The molecule has 3 rings (SSSR count). The molecule has 2 heterocycles. The van der Waals surface area contributed by atoms with Gasteiger partial charge in [0.1, 0.15) is 6.61 Å². The Labute approximate surface area is 165 Å². The molecule has 0 N–H and O–H groups in total. The monoisotopic (exact) mass is 391 g/mol. The van der Waals surface area contributed by atoms with Crippen molar-refractivity contribution in [3.63, 3.8) is 0 Å². The Morgan fingerprint density at radius 1 is 1.29 bits per heavy atom. The highest BCUT2D eigenvalue weighted by molar-refractivity contribution is 5.76. The van der Waals surface area contributed by atoms with Crippen molar-refractivity contribution in [1.29, 1.82) is 0 Å². The molecule has 1 aromatic rings. The molecule has 0 bridgehead atoms. The van der Waals surface area contributed by atoms with E-state index in [9.17, 15) is 9.59 Å². The Morgan fingerprint density at radius 2 is 2.04 bits per heavy atom. The van der Waals surface area contributed by atoms with Crippen molar-refractivity contribution < 1.29 is 28.5 Å². The number of carbonyl (C=O) groups is 2. The van der Waals surface area contributed by atoms with Crippen LogP contribution in [0.5, 0.6) is 0 Å². The lowest BCUT2D eigenvalue weighted by Crippen LogP contribution is -2.52. The Kier molecular flexibility index (Phi) is 6.57. The van der Waals surface area contributed by atoms with Crippen LogP contribution in [-0.2, 0) is 23.7 Å². The fourth-order valence-corrected chi connectivity index (χ4v) is 4.10. The van der Waals surface area contributed by atoms with E-state index in [4.69, 9.17) is 18.9 Å². The summed E-state index contributed by atoms with van der Waals surface area (Å²) in [5.41, 5.74) is 0.980. The van der Waals surface area contributed by atoms with Crippen LogP contribution >= 0.6 is 0 Å². The first kappa shape index (κ1) is 20.6. The smallest absolute Gasteiger partial charge is 0.410 e. The van der Waals surface area contributed by atoms with Crippen LogP contribution in [-0.4, -0.2) is 55.2 Å². The van der Waals surface area contributed by atoms with Crippen molar-refractivity contribution in [1.82, 2.24) is 4.90 Å². The molecule has 2 aliphatic rings. The van der Waals surface area contributed by atoms with Crippen molar-refractivity contribution in [2.75, 3.05) is 20.3 Å². The van der Waals surface area contributed by atoms with Crippen LogP contribution in [0.3, 0.4) is 0 Å². The molecule has 1 aromatic carbocycles. The van der Waals surface area contributed by atoms with Crippen molar-refractivity contribution in [2.24, 2.45) is 0 Å². The van der Waals surface area contributed by atoms with Gasteiger partial charge in [-0.2, -0.15) is 0 Å². The van der Waals surface area contributed by atoms with Gasteiger partial charge in [0.25, 0.3) is 0 Å². The Morgan fingerprint density at radius 3 is 2.68 bits per heavy atom. The second-order valence-electron chi connectivity index (χ2n) is 7.14. The molecular formula is C21H29NO6. The number of hydrogen-bond donors (Lipinski definition) is 0. The minimum absolute atomic E-state index is 0.251. The van der Waals surface area contributed by atoms with E-state index >= 15 is 0 Å². The number of esters is 1. The summed E-state index contributed by atoms with van der Waals surface area (Å²) in [6.45, 7) is 4.37. The van der Waals surface area contributed by atoms with Crippen LogP contribution < -0.4 is 0 Å². The van der Waals surface area contributed by atoms with Gasteiger partial charge < -0.3 is 18.9 Å². The van der Waals surface area contributed by atoms with Crippen LogP contribution in [0.15, 0.2) is 30.3 Å². The van der Waals surface area contributed by atoms with E-state index in [1.165, 1.54) is 0 Å². The Bertz CT molecular complexity index is 681. The minimum atomic E-state index is -1.07. The van der Waals surface area contributed by atoms with Crippen molar-refractivity contribution in [2.45, 2.75) is 63.5 Å². The molecule has 0 aliphatic carbocycles. The van der Waals surface area contributed by atoms with E-state index in [0.717, 1.165) is 18.4 Å². The lowest BCUT2D eigenvalue weighted by Gasteiger charge is -2.39. The minimum Gasteiger partial charge on any atom is -0.464 e. The molecule has 2 saturated heterocycles. The summed E-state index contributed by atoms with van der Waals surface area (Å²) < 4.78 is 22.5. The van der Waals surface area contributed by atoms with Gasteiger partial charge in [0.05, 0.1) is 18.7 Å². The molecule has 4 atom stereocenters. The van der Waals surface area contributed by atoms with Crippen LogP contribution in [0.25, 0.3) is 0 Å². The lowest BCUT2D eigenvalue weighted by molar-refractivity contribution is -0.238. The number of rotatable bonds is 8. The van der Waals surface area contributed by atoms with E-state index in [1.54, 1.807) is 18.9 Å². The summed E-state index contributed by atoms with van der Waals surface area (Å²) in [4.78, 5) is 26.8. The van der Waals surface area contributed by atoms with Gasteiger partial charge in [0.2, 0.25) is 0 Å². The van der Waals surface area contributed by atoms with Gasteiger partial charge >= 0.3 is 12.1 Å². The van der Waals surface area contributed by atoms with Crippen LogP contribution in [0, 0.1) is 0 Å². The fourth-order valence-electron chi connectivity index (χ4n) is 4.10. The van der Waals surface area contributed by atoms with E-state index < -0.39 is 30.0 Å². The van der Waals surface area contributed by atoms with Gasteiger partial charge in [-0.3, -0.25) is 4.90 Å². The molecule has 154 valence electrons. The Balaban J connectivity index is 1.94. The first-order valence-electron chi connectivity index (χ1n) is 9.96. The number of unbranched alkanes of at least 4 members (excludes halogenated alkanes) is 1. The average molecular weight is 391 g/mol. The summed E-state index contributed by atoms with van der Waals surface area (Å²) in [7, 11) is 1.56. The van der Waals surface area contributed by atoms with E-state index in [2.05, 4.69) is 6.92 Å². The lowest BCUT2D eigenvalue weighted by atomic mass is 9.95. The number of hydrogen-bond acceptors (Lipinski definition) is 6. The van der Waals surface area contributed by atoms with Crippen molar-refractivity contribution >= 4 is 12.1 Å².